The Bertz CT molecular complexity index is 555. The van der Waals surface area contributed by atoms with Crippen molar-refractivity contribution < 1.29 is 14.6 Å². The molecule has 0 saturated heterocycles. The summed E-state index contributed by atoms with van der Waals surface area (Å²) in [4.78, 5) is 11.6. The van der Waals surface area contributed by atoms with Gasteiger partial charge >= 0.3 is 5.97 Å². The van der Waals surface area contributed by atoms with Crippen molar-refractivity contribution in [3.05, 3.63) is 11.6 Å². The maximum Gasteiger partial charge on any atom is 0.334 e. The number of aliphatic hydroxyl groups is 1. The van der Waals surface area contributed by atoms with E-state index in [9.17, 15) is 9.90 Å². The highest BCUT2D eigenvalue weighted by atomic mass is 16.5. The summed E-state index contributed by atoms with van der Waals surface area (Å²) in [6.07, 6.45) is 38.5. The van der Waals surface area contributed by atoms with Gasteiger partial charge in [-0.2, -0.15) is 0 Å². The molecule has 0 aliphatic carbocycles. The lowest BCUT2D eigenvalue weighted by atomic mass is 10.0. The minimum atomic E-state index is -0.102. The van der Waals surface area contributed by atoms with E-state index in [0.717, 1.165) is 31.3 Å². The molecule has 0 spiro atoms. The van der Waals surface area contributed by atoms with Crippen LogP contribution >= 0.6 is 0 Å². The smallest absolute Gasteiger partial charge is 0.334 e. The van der Waals surface area contributed by atoms with Gasteiger partial charge in [0.25, 0.3) is 0 Å². The van der Waals surface area contributed by atoms with Crippen molar-refractivity contribution in [2.24, 2.45) is 0 Å². The second-order valence-corrected chi connectivity index (χ2v) is 12.3. The van der Waals surface area contributed by atoms with Gasteiger partial charge in [0.2, 0.25) is 0 Å². The first-order valence-electron chi connectivity index (χ1n) is 17.2. The van der Waals surface area contributed by atoms with Gasteiger partial charge in [0, 0.05) is 5.57 Å². The molecule has 0 aromatic heterocycles. The third kappa shape index (κ3) is 22.0. The second-order valence-electron chi connectivity index (χ2n) is 12.3. The van der Waals surface area contributed by atoms with Gasteiger partial charge in [-0.25, -0.2) is 4.79 Å². The summed E-state index contributed by atoms with van der Waals surface area (Å²) in [6.45, 7) is 4.22. The molecule has 1 heterocycles. The quantitative estimate of drug-likeness (QED) is 0.0766. The van der Waals surface area contributed by atoms with Crippen LogP contribution in [0.4, 0.5) is 0 Å². The molecule has 0 amide bonds. The summed E-state index contributed by atoms with van der Waals surface area (Å²) in [5.74, 6) is -0.102. The summed E-state index contributed by atoms with van der Waals surface area (Å²) in [5, 5.41) is 10.3. The van der Waals surface area contributed by atoms with E-state index in [1.807, 2.05) is 13.0 Å². The normalized spacial score (nSPS) is 16.1. The molecular weight excluding hydrogens is 468 g/mol. The molecule has 0 bridgehead atoms. The van der Waals surface area contributed by atoms with E-state index in [-0.39, 0.29) is 18.2 Å². The molecule has 38 heavy (non-hydrogen) atoms. The fraction of sp³-hybridized carbons (Fsp3) is 0.914. The Balaban J connectivity index is 1.71. The monoisotopic (exact) mass is 535 g/mol. The van der Waals surface area contributed by atoms with Gasteiger partial charge in [-0.1, -0.05) is 161 Å². The van der Waals surface area contributed by atoms with E-state index in [2.05, 4.69) is 6.92 Å². The van der Waals surface area contributed by atoms with E-state index in [1.54, 1.807) is 0 Å². The SMILES string of the molecule is CCCCCCCCCCCCCCCCC[C@H](O)CCCCCCCCCCCCC1=C[C@@H](C)OC1=O. The minimum Gasteiger partial charge on any atom is -0.455 e. The van der Waals surface area contributed by atoms with E-state index < -0.39 is 0 Å². The number of esters is 1. The molecule has 0 aromatic carbocycles. The van der Waals surface area contributed by atoms with Gasteiger partial charge in [0.15, 0.2) is 0 Å². The second kappa shape index (κ2) is 26.4. The zero-order valence-electron chi connectivity index (χ0n) is 25.8. The van der Waals surface area contributed by atoms with Gasteiger partial charge in [-0.15, -0.1) is 0 Å². The Hall–Kier alpha value is -0.830. The van der Waals surface area contributed by atoms with Crippen molar-refractivity contribution in [2.75, 3.05) is 0 Å². The number of cyclic esters (lactones) is 1. The number of carbonyl (C=O) groups excluding carboxylic acids is 1. The molecule has 1 N–H and O–H groups in total. The summed E-state index contributed by atoms with van der Waals surface area (Å²) in [6, 6.07) is 0. The van der Waals surface area contributed by atoms with E-state index in [0.29, 0.717) is 0 Å². The molecule has 0 fully saturated rings. The highest BCUT2D eigenvalue weighted by Gasteiger charge is 2.21. The Morgan fingerprint density at radius 1 is 0.605 bits per heavy atom. The van der Waals surface area contributed by atoms with Crippen LogP contribution in [-0.4, -0.2) is 23.3 Å². The number of ether oxygens (including phenoxy) is 1. The molecule has 224 valence electrons. The van der Waals surface area contributed by atoms with Crippen LogP contribution in [0.5, 0.6) is 0 Å². The Kier molecular flexibility index (Phi) is 24.4. The van der Waals surface area contributed by atoms with Crippen molar-refractivity contribution >= 4 is 5.97 Å². The summed E-state index contributed by atoms with van der Waals surface area (Å²) >= 11 is 0. The van der Waals surface area contributed by atoms with E-state index >= 15 is 0 Å². The van der Waals surface area contributed by atoms with Gasteiger partial charge in [0.1, 0.15) is 6.10 Å². The standard InChI is InChI=1S/C35H66O3/c1-3-4-5-6-7-8-9-10-11-12-13-17-20-23-26-29-34(36)30-27-24-21-18-15-14-16-19-22-25-28-33-31-32(2)38-35(33)37/h31-32,34,36H,3-30H2,1-2H3/t32-,34+/m1/s1. The van der Waals surface area contributed by atoms with Crippen LogP contribution in [0.15, 0.2) is 11.6 Å². The Labute approximate surface area is 238 Å². The highest BCUT2D eigenvalue weighted by molar-refractivity contribution is 5.90. The van der Waals surface area contributed by atoms with Crippen molar-refractivity contribution in [2.45, 2.75) is 206 Å². The highest BCUT2D eigenvalue weighted by Crippen LogP contribution is 2.20. The predicted molar refractivity (Wildman–Crippen MR) is 165 cm³/mol. The number of aliphatic hydroxyl groups excluding tert-OH is 1. The fourth-order valence-electron chi connectivity index (χ4n) is 5.82. The average molecular weight is 535 g/mol. The molecular formula is C35H66O3. The predicted octanol–water partition coefficient (Wildman–Crippen LogP) is 11.2. The molecule has 0 aromatic rings. The minimum absolute atomic E-state index is 0.0282. The first-order valence-corrected chi connectivity index (χ1v) is 17.2. The van der Waals surface area contributed by atoms with E-state index in [4.69, 9.17) is 4.74 Å². The lowest BCUT2D eigenvalue weighted by molar-refractivity contribution is -0.139. The van der Waals surface area contributed by atoms with Crippen molar-refractivity contribution in [1.29, 1.82) is 0 Å². The van der Waals surface area contributed by atoms with Gasteiger partial charge in [-0.05, 0) is 38.7 Å². The largest absolute Gasteiger partial charge is 0.455 e. The molecule has 1 aliphatic rings. The molecule has 2 atom stereocenters. The van der Waals surface area contributed by atoms with Crippen LogP contribution in [0, 0.1) is 0 Å². The van der Waals surface area contributed by atoms with Gasteiger partial charge < -0.3 is 9.84 Å². The van der Waals surface area contributed by atoms with Crippen LogP contribution < -0.4 is 0 Å². The first kappa shape index (κ1) is 35.2. The third-order valence-electron chi connectivity index (χ3n) is 8.37. The average Bonchev–Trinajstić information content (AvgIpc) is 3.23. The van der Waals surface area contributed by atoms with Crippen molar-refractivity contribution in [3.63, 3.8) is 0 Å². The zero-order chi connectivity index (χ0) is 27.5. The number of hydrogen-bond donors (Lipinski definition) is 1. The van der Waals surface area contributed by atoms with Crippen LogP contribution in [0.25, 0.3) is 0 Å². The summed E-state index contributed by atoms with van der Waals surface area (Å²) < 4.78 is 5.15. The Morgan fingerprint density at radius 3 is 1.29 bits per heavy atom. The van der Waals surface area contributed by atoms with Crippen LogP contribution in [-0.2, 0) is 9.53 Å². The van der Waals surface area contributed by atoms with E-state index in [1.165, 1.54) is 154 Å². The van der Waals surface area contributed by atoms with Crippen molar-refractivity contribution in [1.82, 2.24) is 0 Å². The molecule has 3 heteroatoms. The molecule has 0 saturated carbocycles. The zero-order valence-corrected chi connectivity index (χ0v) is 25.8. The summed E-state index contributed by atoms with van der Waals surface area (Å²) in [5.41, 5.74) is 0.887. The maximum absolute atomic E-state index is 11.6. The summed E-state index contributed by atoms with van der Waals surface area (Å²) in [7, 11) is 0. The first-order chi connectivity index (χ1) is 18.6. The molecule has 0 unspecified atom stereocenters. The number of carbonyl (C=O) groups is 1. The topological polar surface area (TPSA) is 46.5 Å². The lowest BCUT2D eigenvalue weighted by Gasteiger charge is -2.10. The number of unbranched alkanes of at least 4 members (excludes halogenated alkanes) is 23. The van der Waals surface area contributed by atoms with Crippen LogP contribution in [0.2, 0.25) is 0 Å². The van der Waals surface area contributed by atoms with Gasteiger partial charge in [-0.3, -0.25) is 0 Å². The number of hydrogen-bond acceptors (Lipinski definition) is 3. The number of rotatable bonds is 29. The molecule has 3 nitrogen and oxygen atoms in total. The van der Waals surface area contributed by atoms with Crippen LogP contribution in [0.1, 0.15) is 194 Å². The molecule has 1 aliphatic heterocycles. The molecule has 1 rings (SSSR count). The Morgan fingerprint density at radius 2 is 0.947 bits per heavy atom. The fourth-order valence-corrected chi connectivity index (χ4v) is 5.82. The van der Waals surface area contributed by atoms with Gasteiger partial charge in [0.05, 0.1) is 6.10 Å². The van der Waals surface area contributed by atoms with Crippen molar-refractivity contribution in [3.8, 4) is 0 Å². The lowest BCUT2D eigenvalue weighted by Crippen LogP contribution is -2.05. The third-order valence-corrected chi connectivity index (χ3v) is 8.37. The molecule has 0 radical (unpaired) electrons. The maximum atomic E-state index is 11.6. The van der Waals surface area contributed by atoms with Crippen LogP contribution in [0.3, 0.4) is 0 Å².